The number of hydrogen-bond donors (Lipinski definition) is 2. The highest BCUT2D eigenvalue weighted by molar-refractivity contribution is 6.01. The van der Waals surface area contributed by atoms with Crippen molar-refractivity contribution in [2.45, 2.75) is 18.6 Å². The second-order valence-electron chi connectivity index (χ2n) is 6.79. The molecule has 0 saturated carbocycles. The molecular weight excluding hydrogens is 412 g/mol. The Morgan fingerprint density at radius 1 is 0.839 bits per heavy atom. The standard InChI is InChI=1S/C23H18F4N2O2/c24-18-10-6-16(7-11-18)21(30)29-20(14-15-4-2-1-3-5-15)22(31)28-19-12-8-17(9-13-19)23(25,26)27/h1-13,20H,14H2,(H,28,31)(H,29,30). The number of hydrogen-bond acceptors (Lipinski definition) is 2. The zero-order chi connectivity index (χ0) is 22.4. The van der Waals surface area contributed by atoms with E-state index in [9.17, 15) is 27.2 Å². The number of rotatable bonds is 6. The van der Waals surface area contributed by atoms with Gasteiger partial charge in [-0.15, -0.1) is 0 Å². The van der Waals surface area contributed by atoms with Gasteiger partial charge < -0.3 is 10.6 Å². The number of nitrogens with one attached hydrogen (secondary N) is 2. The Balaban J connectivity index is 1.77. The molecule has 3 rings (SSSR count). The topological polar surface area (TPSA) is 58.2 Å². The van der Waals surface area contributed by atoms with E-state index >= 15 is 0 Å². The summed E-state index contributed by atoms with van der Waals surface area (Å²) >= 11 is 0. The van der Waals surface area contributed by atoms with Crippen molar-refractivity contribution in [1.82, 2.24) is 5.32 Å². The van der Waals surface area contributed by atoms with Crippen molar-refractivity contribution < 1.29 is 27.2 Å². The van der Waals surface area contributed by atoms with Crippen LogP contribution in [0.15, 0.2) is 78.9 Å². The fourth-order valence-electron chi connectivity index (χ4n) is 2.87. The number of benzene rings is 3. The molecule has 0 fully saturated rings. The molecule has 4 nitrogen and oxygen atoms in total. The van der Waals surface area contributed by atoms with Gasteiger partial charge in [-0.2, -0.15) is 13.2 Å². The van der Waals surface area contributed by atoms with Gasteiger partial charge in [0.05, 0.1) is 5.56 Å². The average molecular weight is 430 g/mol. The van der Waals surface area contributed by atoms with Gasteiger partial charge in [0.15, 0.2) is 0 Å². The van der Waals surface area contributed by atoms with Crippen LogP contribution in [-0.2, 0) is 17.4 Å². The largest absolute Gasteiger partial charge is 0.416 e. The fraction of sp³-hybridized carbons (Fsp3) is 0.130. The van der Waals surface area contributed by atoms with E-state index in [1.807, 2.05) is 0 Å². The molecule has 0 aliphatic carbocycles. The summed E-state index contributed by atoms with van der Waals surface area (Å²) in [6.45, 7) is 0. The summed E-state index contributed by atoms with van der Waals surface area (Å²) in [6.07, 6.45) is -4.33. The average Bonchev–Trinajstić information content (AvgIpc) is 2.74. The number of alkyl halides is 3. The highest BCUT2D eigenvalue weighted by Crippen LogP contribution is 2.29. The molecule has 0 aromatic heterocycles. The second kappa shape index (κ2) is 9.42. The summed E-state index contributed by atoms with van der Waals surface area (Å²) < 4.78 is 51.3. The molecule has 1 atom stereocenters. The molecule has 8 heteroatoms. The molecular formula is C23H18F4N2O2. The number of anilines is 1. The number of halogens is 4. The van der Waals surface area contributed by atoms with E-state index in [-0.39, 0.29) is 17.7 Å². The lowest BCUT2D eigenvalue weighted by atomic mass is 10.0. The quantitative estimate of drug-likeness (QED) is 0.551. The van der Waals surface area contributed by atoms with Crippen LogP contribution in [0, 0.1) is 5.82 Å². The highest BCUT2D eigenvalue weighted by atomic mass is 19.4. The van der Waals surface area contributed by atoms with Crippen molar-refractivity contribution in [1.29, 1.82) is 0 Å². The van der Waals surface area contributed by atoms with Crippen molar-refractivity contribution in [2.75, 3.05) is 5.32 Å². The van der Waals surface area contributed by atoms with Gasteiger partial charge in [0.1, 0.15) is 11.9 Å². The maximum absolute atomic E-state index is 13.1. The van der Waals surface area contributed by atoms with Crippen molar-refractivity contribution in [3.63, 3.8) is 0 Å². The van der Waals surface area contributed by atoms with E-state index in [0.29, 0.717) is 0 Å². The maximum Gasteiger partial charge on any atom is 0.416 e. The van der Waals surface area contributed by atoms with Crippen LogP contribution >= 0.6 is 0 Å². The zero-order valence-electron chi connectivity index (χ0n) is 16.1. The number of amides is 2. The smallest absolute Gasteiger partial charge is 0.340 e. The summed E-state index contributed by atoms with van der Waals surface area (Å²) in [5.74, 6) is -1.68. The highest BCUT2D eigenvalue weighted by Gasteiger charge is 2.30. The molecule has 3 aromatic carbocycles. The Labute approximate surface area is 175 Å². The second-order valence-corrected chi connectivity index (χ2v) is 6.79. The molecule has 31 heavy (non-hydrogen) atoms. The molecule has 0 radical (unpaired) electrons. The SMILES string of the molecule is O=C(NC(Cc1ccccc1)C(=O)Nc1ccc(C(F)(F)F)cc1)c1ccc(F)cc1. The maximum atomic E-state index is 13.1. The van der Waals surface area contributed by atoms with Crippen LogP contribution in [0.4, 0.5) is 23.2 Å². The van der Waals surface area contributed by atoms with Crippen molar-refractivity contribution in [3.05, 3.63) is 101 Å². The van der Waals surface area contributed by atoms with Crippen LogP contribution in [0.1, 0.15) is 21.5 Å². The van der Waals surface area contributed by atoms with Crippen molar-refractivity contribution in [2.24, 2.45) is 0 Å². The van der Waals surface area contributed by atoms with Crippen LogP contribution in [0.2, 0.25) is 0 Å². The van der Waals surface area contributed by atoms with Crippen LogP contribution in [0.5, 0.6) is 0 Å². The van der Waals surface area contributed by atoms with Gasteiger partial charge in [0.25, 0.3) is 5.91 Å². The first-order valence-electron chi connectivity index (χ1n) is 9.31. The lowest BCUT2D eigenvalue weighted by Crippen LogP contribution is -2.45. The molecule has 0 spiro atoms. The molecule has 0 heterocycles. The first-order valence-corrected chi connectivity index (χ1v) is 9.31. The van der Waals surface area contributed by atoms with Crippen molar-refractivity contribution >= 4 is 17.5 Å². The molecule has 2 N–H and O–H groups in total. The molecule has 0 saturated heterocycles. The minimum absolute atomic E-state index is 0.153. The Morgan fingerprint density at radius 2 is 1.45 bits per heavy atom. The van der Waals surface area contributed by atoms with E-state index in [1.54, 1.807) is 30.3 Å². The first kappa shape index (κ1) is 22.0. The van der Waals surface area contributed by atoms with E-state index < -0.39 is 35.4 Å². The fourth-order valence-corrected chi connectivity index (χ4v) is 2.87. The number of carbonyl (C=O) groups excluding carboxylic acids is 2. The van der Waals surface area contributed by atoms with Gasteiger partial charge in [0.2, 0.25) is 5.91 Å². The summed E-state index contributed by atoms with van der Waals surface area (Å²) in [5, 5.41) is 5.13. The van der Waals surface area contributed by atoms with Gasteiger partial charge in [-0.05, 0) is 54.1 Å². The first-order chi connectivity index (χ1) is 14.7. The van der Waals surface area contributed by atoms with Crippen LogP contribution < -0.4 is 10.6 Å². The van der Waals surface area contributed by atoms with E-state index in [4.69, 9.17) is 0 Å². The number of carbonyl (C=O) groups is 2. The minimum atomic E-state index is -4.48. The van der Waals surface area contributed by atoms with Gasteiger partial charge >= 0.3 is 6.18 Å². The third-order valence-corrected chi connectivity index (χ3v) is 4.49. The summed E-state index contributed by atoms with van der Waals surface area (Å²) in [4.78, 5) is 25.3. The third-order valence-electron chi connectivity index (χ3n) is 4.49. The van der Waals surface area contributed by atoms with E-state index in [0.717, 1.165) is 42.0 Å². The van der Waals surface area contributed by atoms with Gasteiger partial charge in [-0.25, -0.2) is 4.39 Å². The molecule has 0 bridgehead atoms. The molecule has 3 aromatic rings. The van der Waals surface area contributed by atoms with Gasteiger partial charge in [0, 0.05) is 17.7 Å². The predicted molar refractivity (Wildman–Crippen MR) is 108 cm³/mol. The monoisotopic (exact) mass is 430 g/mol. The third kappa shape index (κ3) is 6.15. The Hall–Kier alpha value is -3.68. The van der Waals surface area contributed by atoms with Gasteiger partial charge in [-0.1, -0.05) is 30.3 Å². The molecule has 0 aliphatic heterocycles. The summed E-state index contributed by atoms with van der Waals surface area (Å²) in [5.41, 5.74) is 0.263. The molecule has 160 valence electrons. The minimum Gasteiger partial charge on any atom is -0.340 e. The normalized spacial score (nSPS) is 12.1. The lowest BCUT2D eigenvalue weighted by Gasteiger charge is -2.19. The summed E-state index contributed by atoms with van der Waals surface area (Å²) in [7, 11) is 0. The molecule has 0 aliphatic rings. The van der Waals surface area contributed by atoms with Crippen LogP contribution in [0.3, 0.4) is 0 Å². The van der Waals surface area contributed by atoms with Crippen LogP contribution in [-0.4, -0.2) is 17.9 Å². The van der Waals surface area contributed by atoms with Crippen LogP contribution in [0.25, 0.3) is 0 Å². The predicted octanol–water partition coefficient (Wildman–Crippen LogP) is 4.82. The Kier molecular flexibility index (Phi) is 6.69. The lowest BCUT2D eigenvalue weighted by molar-refractivity contribution is -0.137. The summed E-state index contributed by atoms with van der Waals surface area (Å²) in [6, 6.07) is 16.7. The van der Waals surface area contributed by atoms with E-state index in [2.05, 4.69) is 10.6 Å². The Bertz CT molecular complexity index is 1030. The van der Waals surface area contributed by atoms with E-state index in [1.165, 1.54) is 12.1 Å². The molecule has 2 amide bonds. The van der Waals surface area contributed by atoms with Gasteiger partial charge in [-0.3, -0.25) is 9.59 Å². The zero-order valence-corrected chi connectivity index (χ0v) is 16.1. The van der Waals surface area contributed by atoms with Crippen molar-refractivity contribution in [3.8, 4) is 0 Å². The molecule has 1 unspecified atom stereocenters. The Morgan fingerprint density at radius 3 is 2.03 bits per heavy atom.